The van der Waals surface area contributed by atoms with Crippen LogP contribution in [0.1, 0.15) is 106 Å². The molecule has 198 valence electrons. The van der Waals surface area contributed by atoms with Crippen LogP contribution >= 0.6 is 0 Å². The van der Waals surface area contributed by atoms with Crippen LogP contribution in [0.2, 0.25) is 0 Å². The Balaban J connectivity index is -0.000000125. The molecular weight excluding hydrogens is 500 g/mol. The van der Waals surface area contributed by atoms with Crippen molar-refractivity contribution in [2.75, 3.05) is 0 Å². The van der Waals surface area contributed by atoms with Crippen LogP contribution in [-0.2, 0) is 24.5 Å². The van der Waals surface area contributed by atoms with Crippen molar-refractivity contribution in [2.24, 2.45) is 5.73 Å². The molecule has 0 aromatic heterocycles. The number of aliphatic carboxylic acids is 3. The van der Waals surface area contributed by atoms with E-state index < -0.39 is 39.3 Å². The van der Waals surface area contributed by atoms with Gasteiger partial charge in [0.05, 0.1) is 6.42 Å². The Bertz CT molecular complexity index is 714. The molecule has 0 aliphatic carbocycles. The van der Waals surface area contributed by atoms with Crippen LogP contribution in [0.3, 0.4) is 0 Å². The SMILES string of the molecule is CCCCCCCC/C=C\CCCCCCCC(=O)O.NC(CC(=O)O)(C(=O)O)S(=O)(=O)O.[H-].[H-].[Na+].[Na+]. The van der Waals surface area contributed by atoms with Crippen LogP contribution in [0.5, 0.6) is 0 Å². The molecule has 0 amide bonds. The second-order valence-electron chi connectivity index (χ2n) is 7.97. The zero-order valence-electron chi connectivity index (χ0n) is 23.6. The average Bonchev–Trinajstić information content (AvgIpc) is 2.69. The molecule has 10 nitrogen and oxygen atoms in total. The Labute approximate surface area is 256 Å². The minimum atomic E-state index is -5.16. The molecule has 1 atom stereocenters. The number of hydrogen-bond donors (Lipinski definition) is 5. The van der Waals surface area contributed by atoms with Crippen LogP contribution in [0.25, 0.3) is 0 Å². The van der Waals surface area contributed by atoms with Gasteiger partial charge in [-0.15, -0.1) is 0 Å². The first kappa shape index (κ1) is 42.1. The number of carbonyl (C=O) groups is 3. The molecule has 6 N–H and O–H groups in total. The maximum Gasteiger partial charge on any atom is 1.00 e. The molecule has 0 aromatic carbocycles. The fraction of sp³-hybridized carbons (Fsp3) is 0.773. The first-order valence-corrected chi connectivity index (χ1v) is 12.9. The normalized spacial score (nSPS) is 12.4. The van der Waals surface area contributed by atoms with Gasteiger partial charge in [-0.25, -0.2) is 4.79 Å². The molecule has 0 aliphatic heterocycles. The third-order valence-electron chi connectivity index (χ3n) is 4.89. The van der Waals surface area contributed by atoms with Gasteiger partial charge in [0.25, 0.3) is 15.0 Å². The van der Waals surface area contributed by atoms with E-state index >= 15 is 0 Å². The smallest absolute Gasteiger partial charge is 1.00 e. The van der Waals surface area contributed by atoms with Gasteiger partial charge in [0, 0.05) is 6.42 Å². The monoisotopic (exact) mass is 543 g/mol. The van der Waals surface area contributed by atoms with Crippen LogP contribution in [0, 0.1) is 0 Å². The topological polar surface area (TPSA) is 192 Å². The number of unbranched alkanes of at least 4 members (excludes halogenated alkanes) is 11. The summed E-state index contributed by atoms with van der Waals surface area (Å²) in [5.74, 6) is -4.54. The molecule has 1 unspecified atom stereocenters. The van der Waals surface area contributed by atoms with Crippen molar-refractivity contribution >= 4 is 28.0 Å². The van der Waals surface area contributed by atoms with Gasteiger partial charge in [-0.2, -0.15) is 8.42 Å². The summed E-state index contributed by atoms with van der Waals surface area (Å²) in [7, 11) is -5.16. The third-order valence-corrected chi connectivity index (χ3v) is 6.13. The van der Waals surface area contributed by atoms with Gasteiger partial charge in [0.2, 0.25) is 0 Å². The first-order valence-electron chi connectivity index (χ1n) is 11.5. The largest absolute Gasteiger partial charge is 1.00 e. The van der Waals surface area contributed by atoms with E-state index in [1.54, 1.807) is 0 Å². The summed E-state index contributed by atoms with van der Waals surface area (Å²) in [6.07, 6.45) is 19.8. The number of allylic oxidation sites excluding steroid dienone is 2. The van der Waals surface area contributed by atoms with Gasteiger partial charge in [-0.1, -0.05) is 70.4 Å². The predicted molar refractivity (Wildman–Crippen MR) is 128 cm³/mol. The molecule has 0 radical (unpaired) electrons. The molecule has 13 heteroatoms. The van der Waals surface area contributed by atoms with Crippen molar-refractivity contribution < 1.29 is 105 Å². The van der Waals surface area contributed by atoms with Crippen LogP contribution < -0.4 is 64.8 Å². The molecule has 0 aromatic rings. The van der Waals surface area contributed by atoms with Gasteiger partial charge < -0.3 is 23.9 Å². The van der Waals surface area contributed by atoms with E-state index in [0.717, 1.165) is 12.8 Å². The van der Waals surface area contributed by atoms with E-state index in [9.17, 15) is 22.8 Å². The zero-order valence-corrected chi connectivity index (χ0v) is 26.4. The molecule has 0 saturated carbocycles. The Morgan fingerprint density at radius 1 is 0.771 bits per heavy atom. The summed E-state index contributed by atoms with van der Waals surface area (Å²) in [6.45, 7) is 2.26. The summed E-state index contributed by atoms with van der Waals surface area (Å²) in [5.41, 5.74) is 4.70. The van der Waals surface area contributed by atoms with Gasteiger partial charge >= 0.3 is 77.0 Å². The van der Waals surface area contributed by atoms with Gasteiger partial charge in [0.1, 0.15) is 0 Å². The Morgan fingerprint density at radius 3 is 1.49 bits per heavy atom. The van der Waals surface area contributed by atoms with Crippen molar-refractivity contribution in [3.63, 3.8) is 0 Å². The number of nitrogens with two attached hydrogens (primary N) is 1. The maximum absolute atomic E-state index is 10.4. The Morgan fingerprint density at radius 2 is 1.17 bits per heavy atom. The quantitative estimate of drug-likeness (QED) is 0.0550. The van der Waals surface area contributed by atoms with Crippen molar-refractivity contribution in [3.8, 4) is 0 Å². The number of carboxylic acid groups (broad SMARTS) is 3. The van der Waals surface area contributed by atoms with Crippen molar-refractivity contribution in [2.45, 2.75) is 108 Å². The minimum absolute atomic E-state index is 0. The second-order valence-corrected chi connectivity index (χ2v) is 9.65. The summed E-state index contributed by atoms with van der Waals surface area (Å²) < 4.78 is 29.2. The van der Waals surface area contributed by atoms with E-state index in [1.165, 1.54) is 70.6 Å². The van der Waals surface area contributed by atoms with Gasteiger partial charge in [-0.3, -0.25) is 14.1 Å². The number of hydrogen-bond acceptors (Lipinski definition) is 6. The minimum Gasteiger partial charge on any atom is -1.00 e. The molecule has 0 aliphatic rings. The Kier molecular flexibility index (Phi) is 30.9. The molecule has 0 rings (SSSR count). The average molecular weight is 544 g/mol. The Hall–Kier alpha value is 0.0200. The first-order chi connectivity index (χ1) is 15.4. The van der Waals surface area contributed by atoms with E-state index in [0.29, 0.717) is 6.42 Å². The van der Waals surface area contributed by atoms with Gasteiger partial charge in [-0.05, 0) is 32.1 Å². The third kappa shape index (κ3) is 25.5. The molecule has 0 fully saturated rings. The summed E-state index contributed by atoms with van der Waals surface area (Å²) in [4.78, 5) is 27.5. The zero-order chi connectivity index (χ0) is 25.8. The fourth-order valence-corrected chi connectivity index (χ4v) is 3.38. The fourth-order valence-electron chi connectivity index (χ4n) is 2.85. The molecule has 0 heterocycles. The van der Waals surface area contributed by atoms with Crippen LogP contribution in [-0.4, -0.2) is 51.1 Å². The standard InChI is InChI=1S/C18H34O2.C4H7NO7S.2Na.2H/c1-2-3-4-5-6-7-8-9-10-11-12-13-14-15-16-17-18(19)20;5-4(3(8)9,1-2(6)7)13(10,11)12;;;;/h9-10H,2-8,11-17H2,1H3,(H,19,20);1,5H2,(H,6,7)(H,8,9)(H,10,11,12);;;;/q;;2*+1;2*-1/b10-9-;;;;;. The van der Waals surface area contributed by atoms with Crippen LogP contribution in [0.4, 0.5) is 0 Å². The number of carboxylic acids is 3. The molecule has 0 spiro atoms. The molecule has 35 heavy (non-hydrogen) atoms. The van der Waals surface area contributed by atoms with Crippen molar-refractivity contribution in [1.29, 1.82) is 0 Å². The van der Waals surface area contributed by atoms with E-state index in [1.807, 2.05) is 0 Å². The van der Waals surface area contributed by atoms with E-state index in [-0.39, 0.29) is 62.0 Å². The van der Waals surface area contributed by atoms with Crippen molar-refractivity contribution in [1.82, 2.24) is 0 Å². The summed E-state index contributed by atoms with van der Waals surface area (Å²) >= 11 is 0. The van der Waals surface area contributed by atoms with E-state index in [4.69, 9.17) is 25.6 Å². The maximum atomic E-state index is 10.4. The number of rotatable bonds is 19. The molecule has 0 bridgehead atoms. The van der Waals surface area contributed by atoms with Crippen LogP contribution in [0.15, 0.2) is 12.2 Å². The summed E-state index contributed by atoms with van der Waals surface area (Å²) in [5, 5.41) is 24.9. The summed E-state index contributed by atoms with van der Waals surface area (Å²) in [6, 6.07) is 0. The second kappa shape index (κ2) is 25.7. The van der Waals surface area contributed by atoms with Gasteiger partial charge in [0.15, 0.2) is 0 Å². The molecule has 0 saturated heterocycles. The van der Waals surface area contributed by atoms with Crippen molar-refractivity contribution in [3.05, 3.63) is 12.2 Å². The molecular formula is C22H43NNa2O9S. The predicted octanol–water partition coefficient (Wildman–Crippen LogP) is -1.57. The van der Waals surface area contributed by atoms with E-state index in [2.05, 4.69) is 19.1 Å².